The van der Waals surface area contributed by atoms with Crippen LogP contribution in [0.2, 0.25) is 0 Å². The van der Waals surface area contributed by atoms with Gasteiger partial charge < -0.3 is 13.7 Å². The second-order valence-electron chi connectivity index (χ2n) is 4.57. The molecule has 2 N–H and O–H groups in total. The predicted octanol–water partition coefficient (Wildman–Crippen LogP) is 2.85. The number of nitrogens with zero attached hydrogens (tertiary/aromatic N) is 3. The lowest BCUT2D eigenvalue weighted by atomic mass is 10.4. The van der Waals surface area contributed by atoms with E-state index < -0.39 is 6.09 Å². The number of hydrogen-bond donors (Lipinski definition) is 2. The van der Waals surface area contributed by atoms with Crippen molar-refractivity contribution in [2.75, 3.05) is 5.43 Å². The number of rotatable bonds is 4. The van der Waals surface area contributed by atoms with E-state index in [9.17, 15) is 4.79 Å². The van der Waals surface area contributed by atoms with Crippen LogP contribution in [-0.2, 0) is 6.54 Å². The number of furan rings is 1. The summed E-state index contributed by atoms with van der Waals surface area (Å²) in [5.74, 6) is 0.0634. The Labute approximate surface area is 139 Å². The number of aryl methyl sites for hydroxylation is 1. The number of hydrogen-bond acceptors (Lipinski definition) is 7. The third-order valence-corrected chi connectivity index (χ3v) is 4.41. The van der Waals surface area contributed by atoms with Crippen LogP contribution in [0.5, 0.6) is 5.95 Å². The highest BCUT2D eigenvalue weighted by atomic mass is 32.1. The van der Waals surface area contributed by atoms with Crippen molar-refractivity contribution >= 4 is 40.0 Å². The number of aromatic nitrogens is 3. The van der Waals surface area contributed by atoms with Crippen LogP contribution < -0.4 is 15.7 Å². The van der Waals surface area contributed by atoms with Gasteiger partial charge in [0.1, 0.15) is 11.0 Å². The van der Waals surface area contributed by atoms with Gasteiger partial charge in [0.25, 0.3) is 5.95 Å². The number of ether oxygens (including phenoxy) is 1. The Balaban J connectivity index is 1.90. The Kier molecular flexibility index (Phi) is 4.26. The molecule has 0 saturated carbocycles. The third-order valence-electron chi connectivity index (χ3n) is 2.97. The number of fused-ring (bicyclic) bond motifs is 1. The first kappa shape index (κ1) is 15.4. The number of amides is 1. The Bertz CT molecular complexity index is 954. The summed E-state index contributed by atoms with van der Waals surface area (Å²) >= 11 is 6.60. The molecule has 23 heavy (non-hydrogen) atoms. The normalized spacial score (nSPS) is 10.8. The monoisotopic (exact) mass is 351 g/mol. The summed E-state index contributed by atoms with van der Waals surface area (Å²) in [5, 5.41) is 8.20. The molecule has 0 aromatic carbocycles. The van der Waals surface area contributed by atoms with Gasteiger partial charge in [-0.05, 0) is 24.7 Å². The molecule has 3 aromatic rings. The molecule has 0 spiro atoms. The molecule has 8 nitrogen and oxygen atoms in total. The molecular weight excluding hydrogens is 338 g/mol. The van der Waals surface area contributed by atoms with Crippen LogP contribution in [0, 0.1) is 9.36 Å². The first-order valence-electron chi connectivity index (χ1n) is 6.78. The van der Waals surface area contributed by atoms with Crippen molar-refractivity contribution in [2.45, 2.75) is 19.9 Å². The summed E-state index contributed by atoms with van der Waals surface area (Å²) in [6, 6.07) is 3.10. The largest absolute Gasteiger partial charge is 0.434 e. The number of carbonyl (C=O) groups excluding carboxylic acids is 1. The maximum Gasteiger partial charge on any atom is 0.434 e. The number of thiazole rings is 1. The first-order chi connectivity index (χ1) is 11.1. The van der Waals surface area contributed by atoms with E-state index in [2.05, 4.69) is 10.4 Å². The average Bonchev–Trinajstić information content (AvgIpc) is 3.12. The molecule has 3 aromatic heterocycles. The fraction of sp³-hybridized carbons (Fsp3) is 0.231. The van der Waals surface area contributed by atoms with Crippen LogP contribution in [0.3, 0.4) is 0 Å². The van der Waals surface area contributed by atoms with E-state index in [1.54, 1.807) is 6.07 Å². The zero-order valence-corrected chi connectivity index (χ0v) is 13.7. The fourth-order valence-corrected chi connectivity index (χ4v) is 3.34. The van der Waals surface area contributed by atoms with E-state index in [0.717, 1.165) is 13.0 Å². The van der Waals surface area contributed by atoms with Gasteiger partial charge in [-0.2, -0.15) is 0 Å². The predicted molar refractivity (Wildman–Crippen MR) is 86.7 cm³/mol. The molecule has 0 unspecified atom stereocenters. The summed E-state index contributed by atoms with van der Waals surface area (Å²) in [7, 11) is 0. The molecule has 1 amide bonds. The van der Waals surface area contributed by atoms with Crippen molar-refractivity contribution < 1.29 is 13.9 Å². The highest BCUT2D eigenvalue weighted by Gasteiger charge is 2.12. The summed E-state index contributed by atoms with van der Waals surface area (Å²) in [6.45, 7) is 2.78. The molecule has 0 saturated heterocycles. The maximum atomic E-state index is 11.8. The minimum absolute atomic E-state index is 0.0634. The van der Waals surface area contributed by atoms with Crippen molar-refractivity contribution in [3.05, 3.63) is 34.2 Å². The lowest BCUT2D eigenvalue weighted by molar-refractivity contribution is 0.198. The minimum Gasteiger partial charge on any atom is -0.434 e. The van der Waals surface area contributed by atoms with Crippen LogP contribution >= 0.6 is 23.6 Å². The van der Waals surface area contributed by atoms with Crippen LogP contribution in [0.1, 0.15) is 13.3 Å². The lowest BCUT2D eigenvalue weighted by Crippen LogP contribution is -2.34. The highest BCUT2D eigenvalue weighted by molar-refractivity contribution is 7.73. The Hall–Kier alpha value is -2.46. The summed E-state index contributed by atoms with van der Waals surface area (Å²) < 4.78 is 14.2. The van der Waals surface area contributed by atoms with Crippen molar-refractivity contribution in [1.29, 1.82) is 5.41 Å². The van der Waals surface area contributed by atoms with Crippen molar-refractivity contribution in [3.63, 3.8) is 0 Å². The van der Waals surface area contributed by atoms with E-state index in [-0.39, 0.29) is 11.4 Å². The van der Waals surface area contributed by atoms with Crippen molar-refractivity contribution in [2.24, 2.45) is 0 Å². The molecule has 0 atom stereocenters. The summed E-state index contributed by atoms with van der Waals surface area (Å²) in [6.07, 6.45) is 2.87. The van der Waals surface area contributed by atoms with Crippen LogP contribution in [0.15, 0.2) is 29.1 Å². The summed E-state index contributed by atoms with van der Waals surface area (Å²) in [5.41, 5.74) is 3.13. The molecule has 3 heterocycles. The molecule has 0 aliphatic rings. The third kappa shape index (κ3) is 3.03. The van der Waals surface area contributed by atoms with E-state index in [1.165, 1.54) is 34.7 Å². The molecule has 0 fully saturated rings. The summed E-state index contributed by atoms with van der Waals surface area (Å²) in [4.78, 5) is 16.1. The second-order valence-corrected chi connectivity index (χ2v) is 6.21. The lowest BCUT2D eigenvalue weighted by Gasteiger charge is -2.08. The van der Waals surface area contributed by atoms with Gasteiger partial charge in [-0.3, -0.25) is 5.41 Å². The topological polar surface area (TPSA) is 98.1 Å². The standard InChI is InChI=1S/C13H13N5O3S2/c1-2-5-17-11-9(23-13(17)22)10(14)18(7-15-11)16-12(19)21-8-4-3-6-20-8/h3-4,6-7,14H,2,5H2,1H3,(H,16,19). The van der Waals surface area contributed by atoms with E-state index in [4.69, 9.17) is 26.8 Å². The van der Waals surface area contributed by atoms with Crippen LogP contribution in [-0.4, -0.2) is 20.3 Å². The molecule has 0 aliphatic heterocycles. The van der Waals surface area contributed by atoms with Crippen LogP contribution in [0.25, 0.3) is 10.3 Å². The van der Waals surface area contributed by atoms with E-state index in [0.29, 0.717) is 14.3 Å². The van der Waals surface area contributed by atoms with Gasteiger partial charge >= 0.3 is 6.09 Å². The number of nitrogens with one attached hydrogen (secondary N) is 2. The van der Waals surface area contributed by atoms with Gasteiger partial charge in [0.2, 0.25) is 0 Å². The van der Waals surface area contributed by atoms with Gasteiger partial charge in [0, 0.05) is 12.6 Å². The maximum absolute atomic E-state index is 11.8. The zero-order chi connectivity index (χ0) is 16.4. The smallest absolute Gasteiger partial charge is 0.434 e. The SMILES string of the molecule is CCCn1c(=S)sc2c(=N)n(NC(=O)Oc3ccco3)cnc21. The highest BCUT2D eigenvalue weighted by Crippen LogP contribution is 2.17. The average molecular weight is 351 g/mol. The second kappa shape index (κ2) is 6.34. The van der Waals surface area contributed by atoms with Crippen molar-refractivity contribution in [3.8, 4) is 5.95 Å². The Morgan fingerprint density at radius 3 is 3.13 bits per heavy atom. The molecule has 10 heteroatoms. The fourth-order valence-electron chi connectivity index (χ4n) is 2.00. The van der Waals surface area contributed by atoms with Gasteiger partial charge in [-0.25, -0.2) is 19.9 Å². The first-order valence-corrected chi connectivity index (χ1v) is 8.00. The van der Waals surface area contributed by atoms with Gasteiger partial charge in [-0.1, -0.05) is 18.3 Å². The van der Waals surface area contributed by atoms with E-state index >= 15 is 0 Å². The van der Waals surface area contributed by atoms with Gasteiger partial charge in [-0.15, -0.1) is 0 Å². The van der Waals surface area contributed by atoms with Gasteiger partial charge in [0.15, 0.2) is 15.1 Å². The molecule has 0 aliphatic carbocycles. The van der Waals surface area contributed by atoms with Gasteiger partial charge in [0.05, 0.1) is 6.26 Å². The molecule has 3 rings (SSSR count). The van der Waals surface area contributed by atoms with Crippen LogP contribution in [0.4, 0.5) is 4.79 Å². The molecule has 0 radical (unpaired) electrons. The Morgan fingerprint density at radius 1 is 1.61 bits per heavy atom. The molecular formula is C13H13N5O3S2. The van der Waals surface area contributed by atoms with E-state index in [1.807, 2.05) is 11.5 Å². The Morgan fingerprint density at radius 2 is 2.43 bits per heavy atom. The minimum atomic E-state index is -0.781. The molecule has 0 bridgehead atoms. The quantitative estimate of drug-likeness (QED) is 0.704. The molecule has 120 valence electrons. The number of carbonyl (C=O) groups is 1. The zero-order valence-electron chi connectivity index (χ0n) is 12.1. The van der Waals surface area contributed by atoms with Crippen molar-refractivity contribution in [1.82, 2.24) is 14.2 Å².